The molecule has 98 valence electrons. The van der Waals surface area contributed by atoms with Gasteiger partial charge in [0.15, 0.2) is 0 Å². The highest BCUT2D eigenvalue weighted by molar-refractivity contribution is 5.27. The van der Waals surface area contributed by atoms with Gasteiger partial charge in [-0.25, -0.2) is 4.39 Å². The molecule has 0 saturated heterocycles. The zero-order chi connectivity index (χ0) is 13.0. The van der Waals surface area contributed by atoms with E-state index in [1.165, 1.54) is 37.3 Å². The number of halogens is 1. The summed E-state index contributed by atoms with van der Waals surface area (Å²) in [4.78, 5) is 0. The van der Waals surface area contributed by atoms with E-state index in [1.54, 1.807) is 6.07 Å². The van der Waals surface area contributed by atoms with Gasteiger partial charge in [-0.1, -0.05) is 17.7 Å². The zero-order valence-electron chi connectivity index (χ0n) is 11.1. The Bertz CT molecular complexity index is 437. The maximum Gasteiger partial charge on any atom is 0.123 e. The molecule has 0 heterocycles. The Morgan fingerprint density at radius 2 is 2.11 bits per heavy atom. The Labute approximate surface area is 109 Å². The van der Waals surface area contributed by atoms with Gasteiger partial charge < -0.3 is 5.73 Å². The molecule has 1 aliphatic rings. The Morgan fingerprint density at radius 3 is 2.83 bits per heavy atom. The molecule has 0 saturated carbocycles. The molecule has 1 atom stereocenters. The first-order chi connectivity index (χ1) is 8.65. The topological polar surface area (TPSA) is 26.0 Å². The van der Waals surface area contributed by atoms with Gasteiger partial charge in [-0.05, 0) is 68.7 Å². The lowest BCUT2D eigenvalue weighted by Gasteiger charge is -2.18. The van der Waals surface area contributed by atoms with Crippen LogP contribution in [0.15, 0.2) is 29.8 Å². The van der Waals surface area contributed by atoms with Crippen LogP contribution in [0.4, 0.5) is 4.39 Å². The van der Waals surface area contributed by atoms with Crippen molar-refractivity contribution in [3.63, 3.8) is 0 Å². The summed E-state index contributed by atoms with van der Waals surface area (Å²) in [5.74, 6) is -0.167. The third-order valence-electron chi connectivity index (χ3n) is 3.70. The molecule has 1 nitrogen and oxygen atoms in total. The fourth-order valence-corrected chi connectivity index (χ4v) is 2.64. The van der Waals surface area contributed by atoms with Crippen molar-refractivity contribution >= 4 is 0 Å². The third kappa shape index (κ3) is 3.67. The first-order valence-corrected chi connectivity index (χ1v) is 6.83. The van der Waals surface area contributed by atoms with Gasteiger partial charge in [0.05, 0.1) is 0 Å². The Hall–Kier alpha value is -1.15. The molecular weight excluding hydrogens is 225 g/mol. The van der Waals surface area contributed by atoms with Gasteiger partial charge in [0.25, 0.3) is 0 Å². The summed E-state index contributed by atoms with van der Waals surface area (Å²) in [5.41, 5.74) is 9.85. The summed E-state index contributed by atoms with van der Waals surface area (Å²) in [7, 11) is 0. The average molecular weight is 247 g/mol. The molecule has 2 heteroatoms. The third-order valence-corrected chi connectivity index (χ3v) is 3.70. The summed E-state index contributed by atoms with van der Waals surface area (Å²) in [6.45, 7) is 2.02. The number of hydrogen-bond donors (Lipinski definition) is 1. The highest BCUT2D eigenvalue weighted by Gasteiger charge is 2.11. The number of allylic oxidation sites excluding steroid dienone is 1. The summed E-state index contributed by atoms with van der Waals surface area (Å²) in [6.07, 6.45) is 9.04. The fraction of sp³-hybridized carbons (Fsp3) is 0.500. The molecule has 0 fully saturated rings. The average Bonchev–Trinajstić information content (AvgIpc) is 2.35. The predicted molar refractivity (Wildman–Crippen MR) is 74.0 cm³/mol. The van der Waals surface area contributed by atoms with Crippen molar-refractivity contribution < 1.29 is 4.39 Å². The largest absolute Gasteiger partial charge is 0.327 e. The van der Waals surface area contributed by atoms with E-state index in [-0.39, 0.29) is 11.9 Å². The van der Waals surface area contributed by atoms with Gasteiger partial charge in [0.1, 0.15) is 5.82 Å². The zero-order valence-corrected chi connectivity index (χ0v) is 11.1. The van der Waals surface area contributed by atoms with Crippen molar-refractivity contribution in [1.82, 2.24) is 0 Å². The predicted octanol–water partition coefficient (Wildman–Crippen LogP) is 3.89. The van der Waals surface area contributed by atoms with Crippen LogP contribution in [-0.4, -0.2) is 6.04 Å². The van der Waals surface area contributed by atoms with Crippen LogP contribution < -0.4 is 5.73 Å². The lowest BCUT2D eigenvalue weighted by Crippen LogP contribution is -2.24. The molecule has 0 spiro atoms. The fourth-order valence-electron chi connectivity index (χ4n) is 2.64. The van der Waals surface area contributed by atoms with Crippen LogP contribution in [0.2, 0.25) is 0 Å². The van der Waals surface area contributed by atoms with Gasteiger partial charge >= 0.3 is 0 Å². The Morgan fingerprint density at radius 1 is 1.28 bits per heavy atom. The second kappa shape index (κ2) is 6.14. The van der Waals surface area contributed by atoms with Crippen LogP contribution in [0.5, 0.6) is 0 Å². The number of rotatable bonds is 4. The van der Waals surface area contributed by atoms with E-state index in [4.69, 9.17) is 5.73 Å². The highest BCUT2D eigenvalue weighted by Crippen LogP contribution is 2.22. The van der Waals surface area contributed by atoms with Crippen molar-refractivity contribution in [1.29, 1.82) is 0 Å². The molecule has 2 N–H and O–H groups in total. The quantitative estimate of drug-likeness (QED) is 0.802. The molecule has 0 aromatic heterocycles. The van der Waals surface area contributed by atoms with Crippen molar-refractivity contribution in [3.8, 4) is 0 Å². The second-order valence-electron chi connectivity index (χ2n) is 5.35. The van der Waals surface area contributed by atoms with Gasteiger partial charge in [-0.15, -0.1) is 0 Å². The van der Waals surface area contributed by atoms with Crippen molar-refractivity contribution in [3.05, 3.63) is 46.8 Å². The van der Waals surface area contributed by atoms with E-state index in [0.717, 1.165) is 24.0 Å². The molecule has 1 aromatic rings. The minimum absolute atomic E-state index is 0.106. The summed E-state index contributed by atoms with van der Waals surface area (Å²) in [5, 5.41) is 0. The van der Waals surface area contributed by atoms with Crippen LogP contribution >= 0.6 is 0 Å². The minimum atomic E-state index is -0.167. The summed E-state index contributed by atoms with van der Waals surface area (Å²) >= 11 is 0. The van der Waals surface area contributed by atoms with Gasteiger partial charge in [0, 0.05) is 6.04 Å². The smallest absolute Gasteiger partial charge is 0.123 e. The van der Waals surface area contributed by atoms with Gasteiger partial charge in [0.2, 0.25) is 0 Å². The van der Waals surface area contributed by atoms with Crippen LogP contribution in [0.1, 0.15) is 43.2 Å². The van der Waals surface area contributed by atoms with Gasteiger partial charge in [-0.2, -0.15) is 0 Å². The summed E-state index contributed by atoms with van der Waals surface area (Å²) < 4.78 is 13.2. The van der Waals surface area contributed by atoms with Crippen molar-refractivity contribution in [2.75, 3.05) is 0 Å². The van der Waals surface area contributed by atoms with Crippen LogP contribution in [-0.2, 0) is 6.42 Å². The minimum Gasteiger partial charge on any atom is -0.327 e. The number of benzene rings is 1. The maximum absolute atomic E-state index is 13.2. The van der Waals surface area contributed by atoms with Crippen LogP contribution in [0, 0.1) is 12.7 Å². The first kappa shape index (κ1) is 13.3. The SMILES string of the molecule is Cc1ccc(F)cc1CC(N)CC1=CCCCC1. The van der Waals surface area contributed by atoms with Crippen molar-refractivity contribution in [2.24, 2.45) is 5.73 Å². The lowest BCUT2D eigenvalue weighted by atomic mass is 9.91. The molecule has 1 aliphatic carbocycles. The van der Waals surface area contributed by atoms with E-state index in [0.29, 0.717) is 0 Å². The van der Waals surface area contributed by atoms with E-state index in [1.807, 2.05) is 13.0 Å². The van der Waals surface area contributed by atoms with Crippen LogP contribution in [0.25, 0.3) is 0 Å². The second-order valence-corrected chi connectivity index (χ2v) is 5.35. The molecule has 0 radical (unpaired) electrons. The molecule has 18 heavy (non-hydrogen) atoms. The van der Waals surface area contributed by atoms with Crippen LogP contribution in [0.3, 0.4) is 0 Å². The molecule has 0 aliphatic heterocycles. The van der Waals surface area contributed by atoms with E-state index < -0.39 is 0 Å². The molecule has 2 rings (SSSR count). The van der Waals surface area contributed by atoms with Gasteiger partial charge in [-0.3, -0.25) is 0 Å². The number of hydrogen-bond acceptors (Lipinski definition) is 1. The Kier molecular flexibility index (Phi) is 4.54. The lowest BCUT2D eigenvalue weighted by molar-refractivity contribution is 0.596. The monoisotopic (exact) mass is 247 g/mol. The standard InChI is InChI=1S/C16H22FN/c1-12-7-8-15(17)10-14(12)11-16(18)9-13-5-3-2-4-6-13/h5,7-8,10,16H,2-4,6,9,11,18H2,1H3. The molecule has 0 bridgehead atoms. The Balaban J connectivity index is 1.96. The molecular formula is C16H22FN. The van der Waals surface area contributed by atoms with Crippen molar-refractivity contribution in [2.45, 2.75) is 51.5 Å². The molecule has 1 aromatic carbocycles. The van der Waals surface area contributed by atoms with E-state index >= 15 is 0 Å². The first-order valence-electron chi connectivity index (χ1n) is 6.83. The highest BCUT2D eigenvalue weighted by atomic mass is 19.1. The number of nitrogens with two attached hydrogens (primary N) is 1. The molecule has 1 unspecified atom stereocenters. The number of aryl methyl sites for hydroxylation is 1. The van der Waals surface area contributed by atoms with E-state index in [2.05, 4.69) is 6.08 Å². The van der Waals surface area contributed by atoms with E-state index in [9.17, 15) is 4.39 Å². The molecule has 0 amide bonds. The maximum atomic E-state index is 13.2. The normalized spacial score (nSPS) is 17.4. The summed E-state index contributed by atoms with van der Waals surface area (Å²) in [6, 6.07) is 5.06.